The van der Waals surface area contributed by atoms with Crippen molar-refractivity contribution in [3.8, 4) is 0 Å². The van der Waals surface area contributed by atoms with Gasteiger partial charge in [0.2, 0.25) is 5.91 Å². The van der Waals surface area contributed by atoms with E-state index in [0.29, 0.717) is 25.4 Å². The zero-order chi connectivity index (χ0) is 15.4. The van der Waals surface area contributed by atoms with Gasteiger partial charge in [0.1, 0.15) is 6.10 Å². The third-order valence-corrected chi connectivity index (χ3v) is 3.59. The molecule has 1 unspecified atom stereocenters. The quantitative estimate of drug-likeness (QED) is 0.907. The van der Waals surface area contributed by atoms with Crippen LogP contribution in [-0.4, -0.2) is 31.2 Å². The van der Waals surface area contributed by atoms with Crippen LogP contribution in [0.1, 0.15) is 38.7 Å². The van der Waals surface area contributed by atoms with Gasteiger partial charge in [-0.1, -0.05) is 32.9 Å². The van der Waals surface area contributed by atoms with Crippen LogP contribution in [0.25, 0.3) is 0 Å². The molecule has 0 radical (unpaired) electrons. The van der Waals surface area contributed by atoms with E-state index in [1.807, 2.05) is 24.3 Å². The van der Waals surface area contributed by atoms with E-state index < -0.39 is 0 Å². The van der Waals surface area contributed by atoms with Crippen LogP contribution >= 0.6 is 0 Å². The molecule has 2 rings (SSSR count). The first-order chi connectivity index (χ1) is 10.0. The van der Waals surface area contributed by atoms with Gasteiger partial charge in [-0.15, -0.1) is 0 Å². The second-order valence-electron chi connectivity index (χ2n) is 5.52. The Bertz CT molecular complexity index is 511. The average Bonchev–Trinajstić information content (AvgIpc) is 2.86. The molecule has 0 aliphatic carbocycles. The smallest absolute Gasteiger partial charge is 0.414 e. The maximum absolute atomic E-state index is 11.9. The summed E-state index contributed by atoms with van der Waals surface area (Å²) in [4.78, 5) is 24.8. The highest BCUT2D eigenvalue weighted by Gasteiger charge is 2.32. The van der Waals surface area contributed by atoms with Crippen LogP contribution in [0.5, 0.6) is 0 Å². The van der Waals surface area contributed by atoms with Gasteiger partial charge in [-0.25, -0.2) is 4.79 Å². The van der Waals surface area contributed by atoms with E-state index in [0.717, 1.165) is 5.69 Å². The van der Waals surface area contributed by atoms with E-state index in [-0.39, 0.29) is 18.1 Å². The molecule has 1 fully saturated rings. The number of hydrogen-bond acceptors (Lipinski definition) is 3. The van der Waals surface area contributed by atoms with E-state index in [9.17, 15) is 9.59 Å². The Hall–Kier alpha value is -2.04. The molecule has 114 valence electrons. The van der Waals surface area contributed by atoms with Crippen molar-refractivity contribution in [3.05, 3.63) is 29.8 Å². The van der Waals surface area contributed by atoms with Gasteiger partial charge in [0, 0.05) is 12.1 Å². The molecule has 0 spiro atoms. The van der Waals surface area contributed by atoms with Crippen LogP contribution in [0.2, 0.25) is 0 Å². The minimum atomic E-state index is -0.358. The number of rotatable bonds is 5. The molecule has 1 aliphatic rings. The number of cyclic esters (lactones) is 1. The average molecular weight is 290 g/mol. The lowest BCUT2D eigenvalue weighted by Crippen LogP contribution is -2.34. The van der Waals surface area contributed by atoms with Crippen molar-refractivity contribution in [1.29, 1.82) is 0 Å². The Morgan fingerprint density at radius 3 is 2.62 bits per heavy atom. The second-order valence-corrected chi connectivity index (χ2v) is 5.52. The largest absolute Gasteiger partial charge is 0.442 e. The SMILES string of the molecule is CCC(=O)NCC1CN(c2ccc(C(C)C)cc2)C(=O)O1. The summed E-state index contributed by atoms with van der Waals surface area (Å²) in [6.45, 7) is 6.87. The molecule has 1 heterocycles. The number of benzene rings is 1. The summed E-state index contributed by atoms with van der Waals surface area (Å²) in [6, 6.07) is 7.92. The number of hydrogen-bond donors (Lipinski definition) is 1. The summed E-state index contributed by atoms with van der Waals surface area (Å²) in [5.41, 5.74) is 2.06. The van der Waals surface area contributed by atoms with Crippen LogP contribution in [0.4, 0.5) is 10.5 Å². The summed E-state index contributed by atoms with van der Waals surface area (Å²) >= 11 is 0. The minimum absolute atomic E-state index is 0.0363. The van der Waals surface area contributed by atoms with Crippen LogP contribution in [0, 0.1) is 0 Å². The zero-order valence-corrected chi connectivity index (χ0v) is 12.8. The van der Waals surface area contributed by atoms with Gasteiger partial charge in [0.25, 0.3) is 0 Å². The van der Waals surface area contributed by atoms with Crippen LogP contribution in [0.3, 0.4) is 0 Å². The first-order valence-electron chi connectivity index (χ1n) is 7.36. The number of amides is 2. The highest BCUT2D eigenvalue weighted by atomic mass is 16.6. The van der Waals surface area contributed by atoms with Crippen molar-refractivity contribution in [2.24, 2.45) is 0 Å². The van der Waals surface area contributed by atoms with Crippen molar-refractivity contribution in [3.63, 3.8) is 0 Å². The third kappa shape index (κ3) is 3.74. The summed E-state index contributed by atoms with van der Waals surface area (Å²) in [5, 5.41) is 2.75. The Morgan fingerprint density at radius 2 is 2.05 bits per heavy atom. The fourth-order valence-electron chi connectivity index (χ4n) is 2.23. The number of carbonyl (C=O) groups is 2. The maximum atomic E-state index is 11.9. The zero-order valence-electron chi connectivity index (χ0n) is 12.8. The van der Waals surface area contributed by atoms with E-state index in [1.54, 1.807) is 11.8 Å². The lowest BCUT2D eigenvalue weighted by atomic mass is 10.0. The summed E-state index contributed by atoms with van der Waals surface area (Å²) in [6.07, 6.45) is -0.220. The molecular weight excluding hydrogens is 268 g/mol. The third-order valence-electron chi connectivity index (χ3n) is 3.59. The number of nitrogens with one attached hydrogen (secondary N) is 1. The van der Waals surface area contributed by atoms with Gasteiger partial charge in [-0.05, 0) is 23.6 Å². The highest BCUT2D eigenvalue weighted by Crippen LogP contribution is 2.24. The summed E-state index contributed by atoms with van der Waals surface area (Å²) in [7, 11) is 0. The molecule has 0 bridgehead atoms. The molecule has 1 aliphatic heterocycles. The Balaban J connectivity index is 1.98. The maximum Gasteiger partial charge on any atom is 0.414 e. The van der Waals surface area contributed by atoms with Crippen LogP contribution in [0.15, 0.2) is 24.3 Å². The molecule has 1 atom stereocenters. The molecule has 0 aromatic heterocycles. The number of carbonyl (C=O) groups excluding carboxylic acids is 2. The van der Waals surface area contributed by atoms with E-state index in [4.69, 9.17) is 4.74 Å². The molecule has 5 nitrogen and oxygen atoms in total. The molecule has 1 aromatic rings. The van der Waals surface area contributed by atoms with Crippen molar-refractivity contribution in [2.75, 3.05) is 18.0 Å². The second kappa shape index (κ2) is 6.61. The standard InChI is InChI=1S/C16H22N2O3/c1-4-15(19)17-9-14-10-18(16(20)21-14)13-7-5-12(6-8-13)11(2)3/h5-8,11,14H,4,9-10H2,1-3H3,(H,17,19). The summed E-state index contributed by atoms with van der Waals surface area (Å²) < 4.78 is 5.27. The fourth-order valence-corrected chi connectivity index (χ4v) is 2.23. The Morgan fingerprint density at radius 1 is 1.38 bits per heavy atom. The van der Waals surface area contributed by atoms with E-state index in [1.165, 1.54) is 5.56 Å². The van der Waals surface area contributed by atoms with Gasteiger partial charge >= 0.3 is 6.09 Å². The first-order valence-corrected chi connectivity index (χ1v) is 7.36. The normalized spacial score (nSPS) is 18.0. The van der Waals surface area contributed by atoms with Crippen molar-refractivity contribution in [1.82, 2.24) is 5.32 Å². The fraction of sp³-hybridized carbons (Fsp3) is 0.500. The number of anilines is 1. The lowest BCUT2D eigenvalue weighted by molar-refractivity contribution is -0.121. The Labute approximate surface area is 125 Å². The van der Waals surface area contributed by atoms with Gasteiger partial charge in [0.15, 0.2) is 0 Å². The molecule has 1 saturated heterocycles. The number of nitrogens with zero attached hydrogens (tertiary/aromatic N) is 1. The lowest BCUT2D eigenvalue weighted by Gasteiger charge is -2.14. The molecular formula is C16H22N2O3. The predicted octanol–water partition coefficient (Wildman–Crippen LogP) is 2.66. The first kappa shape index (κ1) is 15.4. The molecule has 0 saturated carbocycles. The van der Waals surface area contributed by atoms with Gasteiger partial charge < -0.3 is 10.1 Å². The minimum Gasteiger partial charge on any atom is -0.442 e. The van der Waals surface area contributed by atoms with Crippen molar-refractivity contribution >= 4 is 17.7 Å². The van der Waals surface area contributed by atoms with Crippen LogP contribution < -0.4 is 10.2 Å². The van der Waals surface area contributed by atoms with Gasteiger partial charge in [-0.3, -0.25) is 9.69 Å². The van der Waals surface area contributed by atoms with Crippen LogP contribution in [-0.2, 0) is 9.53 Å². The predicted molar refractivity (Wildman–Crippen MR) is 81.4 cm³/mol. The highest BCUT2D eigenvalue weighted by molar-refractivity contribution is 5.89. The molecule has 5 heteroatoms. The van der Waals surface area contributed by atoms with Crippen molar-refractivity contribution < 1.29 is 14.3 Å². The molecule has 1 aromatic carbocycles. The molecule has 1 N–H and O–H groups in total. The Kier molecular flexibility index (Phi) is 4.83. The molecule has 21 heavy (non-hydrogen) atoms. The molecule has 2 amide bonds. The monoisotopic (exact) mass is 290 g/mol. The van der Waals surface area contributed by atoms with Crippen molar-refractivity contribution in [2.45, 2.75) is 39.2 Å². The van der Waals surface area contributed by atoms with Gasteiger partial charge in [-0.2, -0.15) is 0 Å². The summed E-state index contributed by atoms with van der Waals surface area (Å²) in [5.74, 6) is 0.423. The van der Waals surface area contributed by atoms with E-state index >= 15 is 0 Å². The topological polar surface area (TPSA) is 58.6 Å². The van der Waals surface area contributed by atoms with E-state index in [2.05, 4.69) is 19.2 Å². The number of ether oxygens (including phenoxy) is 1. The van der Waals surface area contributed by atoms with Gasteiger partial charge in [0.05, 0.1) is 13.1 Å².